The van der Waals surface area contributed by atoms with Gasteiger partial charge in [-0.05, 0) is 41.7 Å². The van der Waals surface area contributed by atoms with E-state index in [1.54, 1.807) is 12.3 Å². The normalized spacial score (nSPS) is 14.1. The third-order valence-electron chi connectivity index (χ3n) is 8.20. The molecule has 2 aromatic carbocycles. The van der Waals surface area contributed by atoms with E-state index in [2.05, 4.69) is 10.6 Å². The largest absolute Gasteiger partial charge is 0.387 e. The molecule has 2 atom stereocenters. The first kappa shape index (κ1) is 37.6. The first-order valence-electron chi connectivity index (χ1n) is 16.1. The van der Waals surface area contributed by atoms with Gasteiger partial charge >= 0.3 is 0 Å². The van der Waals surface area contributed by atoms with Crippen LogP contribution in [0.25, 0.3) is 11.1 Å². The Morgan fingerprint density at radius 3 is 2.26 bits per heavy atom. The quantitative estimate of drug-likeness (QED) is 0.140. The zero-order valence-corrected chi connectivity index (χ0v) is 28.2. The van der Waals surface area contributed by atoms with Gasteiger partial charge in [0.05, 0.1) is 12.1 Å². The molecule has 3 aromatic rings. The third-order valence-corrected chi connectivity index (χ3v) is 8.20. The number of amides is 5. The highest BCUT2D eigenvalue weighted by Crippen LogP contribution is 2.41. The average molecular weight is 693 g/mol. The lowest BCUT2D eigenvalue weighted by Crippen LogP contribution is -2.48. The third kappa shape index (κ3) is 9.48. The second-order valence-electron chi connectivity index (χ2n) is 13.0. The molecule has 50 heavy (non-hydrogen) atoms. The number of halogens is 2. The summed E-state index contributed by atoms with van der Waals surface area (Å²) >= 11 is 0. The van der Waals surface area contributed by atoms with Gasteiger partial charge in [0.15, 0.2) is 0 Å². The maximum atomic E-state index is 15.0. The number of hydrogen-bond donors (Lipinski definition) is 4. The molecule has 5 amide bonds. The number of imide groups is 1. The molecule has 0 bridgehead atoms. The fourth-order valence-corrected chi connectivity index (χ4v) is 5.81. The molecule has 0 saturated carbocycles. The number of benzene rings is 2. The number of nitrogens with zero attached hydrogens (tertiary/aromatic N) is 3. The van der Waals surface area contributed by atoms with Crippen molar-refractivity contribution in [3.8, 4) is 11.1 Å². The van der Waals surface area contributed by atoms with E-state index in [1.165, 1.54) is 4.90 Å². The van der Waals surface area contributed by atoms with Crippen LogP contribution in [-0.2, 0) is 30.5 Å². The number of aliphatic hydroxyl groups excluding tert-OH is 1. The number of carbonyl (C=O) groups excluding carboxylic acids is 5. The average Bonchev–Trinajstić information content (AvgIpc) is 3.62. The molecule has 12 nitrogen and oxygen atoms in total. The first-order valence-corrected chi connectivity index (χ1v) is 16.1. The predicted molar refractivity (Wildman–Crippen MR) is 181 cm³/mol. The van der Waals surface area contributed by atoms with Gasteiger partial charge in [0, 0.05) is 61.3 Å². The molecule has 2 heterocycles. The van der Waals surface area contributed by atoms with Crippen molar-refractivity contribution in [3.63, 3.8) is 0 Å². The number of nitrogens with two attached hydrogens (primary N) is 1. The van der Waals surface area contributed by atoms with Crippen molar-refractivity contribution < 1.29 is 37.9 Å². The molecule has 5 N–H and O–H groups in total. The van der Waals surface area contributed by atoms with Crippen molar-refractivity contribution in [1.82, 2.24) is 25.0 Å². The van der Waals surface area contributed by atoms with Crippen LogP contribution in [0.5, 0.6) is 0 Å². The summed E-state index contributed by atoms with van der Waals surface area (Å²) in [6.45, 7) is 4.79. The second-order valence-corrected chi connectivity index (χ2v) is 13.0. The molecule has 1 aliphatic heterocycles. The lowest BCUT2D eigenvalue weighted by atomic mass is 9.82. The van der Waals surface area contributed by atoms with E-state index in [1.807, 2.05) is 55.7 Å². The Labute approximate surface area is 288 Å². The Morgan fingerprint density at radius 1 is 0.960 bits per heavy atom. The molecule has 0 fully saturated rings. The van der Waals surface area contributed by atoms with Gasteiger partial charge in [0.25, 0.3) is 11.8 Å². The predicted octanol–water partition coefficient (Wildman–Crippen LogP) is 2.26. The highest BCUT2D eigenvalue weighted by molar-refractivity contribution is 6.14. The topological polar surface area (TPSA) is 167 Å². The van der Waals surface area contributed by atoms with Crippen LogP contribution in [0.15, 0.2) is 72.9 Å². The Balaban J connectivity index is 1.50. The van der Waals surface area contributed by atoms with Crippen LogP contribution in [0, 0.1) is 17.0 Å². The van der Waals surface area contributed by atoms with Crippen molar-refractivity contribution in [2.75, 3.05) is 32.8 Å². The molecule has 0 saturated heterocycles. The summed E-state index contributed by atoms with van der Waals surface area (Å²) in [6, 6.07) is 12.6. The van der Waals surface area contributed by atoms with Gasteiger partial charge in [-0.3, -0.25) is 28.9 Å². The van der Waals surface area contributed by atoms with Gasteiger partial charge in [0.2, 0.25) is 17.7 Å². The Bertz CT molecular complexity index is 1730. The van der Waals surface area contributed by atoms with Crippen LogP contribution >= 0.6 is 0 Å². The molecule has 0 radical (unpaired) electrons. The molecule has 0 aliphatic carbocycles. The monoisotopic (exact) mass is 692 g/mol. The zero-order valence-electron chi connectivity index (χ0n) is 28.2. The van der Waals surface area contributed by atoms with Crippen molar-refractivity contribution in [2.24, 2.45) is 11.1 Å². The number of hydrogen-bond acceptors (Lipinski definition) is 7. The van der Waals surface area contributed by atoms with Crippen molar-refractivity contribution in [2.45, 2.75) is 45.8 Å². The Kier molecular flexibility index (Phi) is 12.4. The lowest BCUT2D eigenvalue weighted by Gasteiger charge is -2.41. The highest BCUT2D eigenvalue weighted by atomic mass is 19.1. The van der Waals surface area contributed by atoms with Crippen molar-refractivity contribution in [1.29, 1.82) is 0 Å². The number of rotatable bonds is 15. The van der Waals surface area contributed by atoms with Gasteiger partial charge in [-0.25, -0.2) is 8.78 Å². The summed E-state index contributed by atoms with van der Waals surface area (Å²) in [5, 5.41) is 15.2. The van der Waals surface area contributed by atoms with Crippen LogP contribution in [0.2, 0.25) is 0 Å². The number of aromatic nitrogens is 1. The standard InChI is InChI=1S/C36H42F2N6O6/c1-36(2,3)34(29-17-24(26-18-25(37)9-10-27(26)38)20-42(29)19-23-7-5-4-6-8-23)43(33(49)22-45)16-13-28(39)35(50)41-15-14-40-30(46)21-44-31(47)11-12-32(44)48/h4-12,17-18,20,28,34,45H,13-16,19,21-22,39H2,1-3H3,(H,40,46)(H,41,50). The van der Waals surface area contributed by atoms with Crippen LogP contribution < -0.4 is 16.4 Å². The Hall–Kier alpha value is -5.21. The van der Waals surface area contributed by atoms with Crippen LogP contribution in [0.4, 0.5) is 8.78 Å². The SMILES string of the molecule is CC(C)(C)C(c1cc(-c2cc(F)ccc2F)cn1Cc1ccccc1)N(CCC(N)C(=O)NCCNC(=O)CN1C(=O)C=CC1=O)C(=O)CO. The lowest BCUT2D eigenvalue weighted by molar-refractivity contribution is -0.141. The Morgan fingerprint density at radius 2 is 1.62 bits per heavy atom. The van der Waals surface area contributed by atoms with Crippen LogP contribution in [-0.4, -0.2) is 87.8 Å². The summed E-state index contributed by atoms with van der Waals surface area (Å²) in [4.78, 5) is 63.8. The smallest absolute Gasteiger partial charge is 0.254 e. The van der Waals surface area contributed by atoms with Gasteiger partial charge in [-0.1, -0.05) is 51.1 Å². The molecule has 1 aromatic heterocycles. The minimum Gasteiger partial charge on any atom is -0.387 e. The van der Waals surface area contributed by atoms with E-state index < -0.39 is 71.8 Å². The molecule has 0 spiro atoms. The van der Waals surface area contributed by atoms with Gasteiger partial charge < -0.3 is 30.9 Å². The molecular weight excluding hydrogens is 650 g/mol. The van der Waals surface area contributed by atoms with E-state index in [9.17, 15) is 37.9 Å². The number of nitrogens with one attached hydrogen (secondary N) is 2. The zero-order chi connectivity index (χ0) is 36.6. The molecule has 1 aliphatic rings. The maximum Gasteiger partial charge on any atom is 0.254 e. The summed E-state index contributed by atoms with van der Waals surface area (Å²) in [5.74, 6) is -4.14. The number of carbonyl (C=O) groups is 5. The van der Waals surface area contributed by atoms with E-state index in [-0.39, 0.29) is 31.6 Å². The van der Waals surface area contributed by atoms with Crippen LogP contribution in [0.3, 0.4) is 0 Å². The van der Waals surface area contributed by atoms with E-state index in [0.29, 0.717) is 17.8 Å². The van der Waals surface area contributed by atoms with Gasteiger partial charge in [-0.2, -0.15) is 0 Å². The van der Waals surface area contributed by atoms with Crippen molar-refractivity contribution >= 4 is 29.5 Å². The summed E-state index contributed by atoms with van der Waals surface area (Å²) in [7, 11) is 0. The minimum atomic E-state index is -1.07. The molecular formula is C36H42F2N6O6. The van der Waals surface area contributed by atoms with Gasteiger partial charge in [-0.15, -0.1) is 0 Å². The summed E-state index contributed by atoms with van der Waals surface area (Å²) < 4.78 is 31.1. The van der Waals surface area contributed by atoms with E-state index in [0.717, 1.165) is 40.8 Å². The second kappa shape index (κ2) is 16.5. The molecule has 2 unspecified atom stereocenters. The summed E-state index contributed by atoms with van der Waals surface area (Å²) in [5.41, 5.74) is 7.53. The van der Waals surface area contributed by atoms with Crippen molar-refractivity contribution in [3.05, 3.63) is 95.8 Å². The molecule has 266 valence electrons. The van der Waals surface area contributed by atoms with Crippen LogP contribution in [0.1, 0.15) is 44.5 Å². The summed E-state index contributed by atoms with van der Waals surface area (Å²) in [6.07, 6.45) is 3.86. The first-order chi connectivity index (χ1) is 23.7. The molecule has 4 rings (SSSR count). The van der Waals surface area contributed by atoms with Gasteiger partial charge in [0.1, 0.15) is 24.8 Å². The minimum absolute atomic E-state index is 0.00741. The maximum absolute atomic E-state index is 15.0. The highest BCUT2D eigenvalue weighted by Gasteiger charge is 2.37. The fourth-order valence-electron chi connectivity index (χ4n) is 5.81. The number of aliphatic hydroxyl groups is 1. The molecule has 14 heteroatoms. The van der Waals surface area contributed by atoms with E-state index >= 15 is 0 Å². The van der Waals surface area contributed by atoms with E-state index in [4.69, 9.17) is 5.73 Å². The fraction of sp³-hybridized carbons (Fsp3) is 0.361.